The summed E-state index contributed by atoms with van der Waals surface area (Å²) in [5.74, 6) is 0.479. The number of sulfonamides is 1. The third-order valence-corrected chi connectivity index (χ3v) is 6.05. The molecule has 158 valence electrons. The molecule has 1 amide bonds. The monoisotopic (exact) mass is 411 g/mol. The molecule has 1 fully saturated rings. The standard InChI is InChI=1S/C20H33N3O4S/c1-15(17-7-6-8-18(13-17)28(21,25)26)22(5)14-16-9-11-23(12-10-16)19(24)27-20(2,3)4/h6-8,13,15-16H,9-12,14H2,1-5H3,(H2,21,25,26). The van der Waals surface area contributed by atoms with Gasteiger partial charge in [-0.1, -0.05) is 12.1 Å². The van der Waals surface area contributed by atoms with E-state index in [2.05, 4.69) is 11.8 Å². The number of carbonyl (C=O) groups excluding carboxylic acids is 1. The van der Waals surface area contributed by atoms with E-state index in [1.807, 2.05) is 33.9 Å². The Hall–Kier alpha value is -1.64. The molecule has 8 heteroatoms. The summed E-state index contributed by atoms with van der Waals surface area (Å²) >= 11 is 0. The van der Waals surface area contributed by atoms with Crippen molar-refractivity contribution >= 4 is 16.1 Å². The summed E-state index contributed by atoms with van der Waals surface area (Å²) in [5.41, 5.74) is 0.440. The van der Waals surface area contributed by atoms with Crippen LogP contribution in [0.15, 0.2) is 29.2 Å². The van der Waals surface area contributed by atoms with E-state index in [9.17, 15) is 13.2 Å². The average Bonchev–Trinajstić information content (AvgIpc) is 2.59. The largest absolute Gasteiger partial charge is 0.444 e. The van der Waals surface area contributed by atoms with Crippen LogP contribution in [0.1, 0.15) is 52.1 Å². The van der Waals surface area contributed by atoms with E-state index in [1.54, 1.807) is 17.0 Å². The summed E-state index contributed by atoms with van der Waals surface area (Å²) in [6.07, 6.45) is 1.61. The molecule has 2 N–H and O–H groups in total. The van der Waals surface area contributed by atoms with Crippen LogP contribution in [-0.2, 0) is 14.8 Å². The highest BCUT2D eigenvalue weighted by molar-refractivity contribution is 7.89. The molecule has 1 aliphatic rings. The average molecular weight is 412 g/mol. The van der Waals surface area contributed by atoms with Crippen molar-refractivity contribution in [3.63, 3.8) is 0 Å². The van der Waals surface area contributed by atoms with Gasteiger partial charge in [0, 0.05) is 25.7 Å². The number of nitrogens with zero attached hydrogens (tertiary/aromatic N) is 2. The summed E-state index contributed by atoms with van der Waals surface area (Å²) < 4.78 is 28.6. The minimum absolute atomic E-state index is 0.0607. The second-order valence-electron chi connectivity index (χ2n) is 8.64. The van der Waals surface area contributed by atoms with Gasteiger partial charge in [-0.2, -0.15) is 0 Å². The highest BCUT2D eigenvalue weighted by Crippen LogP contribution is 2.26. The second kappa shape index (κ2) is 8.80. The number of nitrogens with two attached hydrogens (primary N) is 1. The molecule has 0 radical (unpaired) electrons. The molecule has 0 aliphatic carbocycles. The Morgan fingerprint density at radius 2 is 1.93 bits per heavy atom. The van der Waals surface area contributed by atoms with Crippen LogP contribution in [0, 0.1) is 5.92 Å². The summed E-state index contributed by atoms with van der Waals surface area (Å²) in [4.78, 5) is 16.3. The summed E-state index contributed by atoms with van der Waals surface area (Å²) in [6, 6.07) is 6.85. The highest BCUT2D eigenvalue weighted by Gasteiger charge is 2.28. The number of rotatable bonds is 5. The first kappa shape index (κ1) is 22.6. The smallest absolute Gasteiger partial charge is 0.410 e. The van der Waals surface area contributed by atoms with Crippen LogP contribution >= 0.6 is 0 Å². The number of hydrogen-bond donors (Lipinski definition) is 1. The lowest BCUT2D eigenvalue weighted by molar-refractivity contribution is 0.0168. The molecule has 1 heterocycles. The fourth-order valence-electron chi connectivity index (χ4n) is 3.40. The van der Waals surface area contributed by atoms with Crippen LogP contribution in [0.4, 0.5) is 4.79 Å². The number of primary sulfonamides is 1. The van der Waals surface area contributed by atoms with E-state index in [4.69, 9.17) is 9.88 Å². The third kappa shape index (κ3) is 6.46. The zero-order chi connectivity index (χ0) is 21.1. The van der Waals surface area contributed by atoms with E-state index in [0.29, 0.717) is 19.0 Å². The lowest BCUT2D eigenvalue weighted by Crippen LogP contribution is -2.43. The van der Waals surface area contributed by atoms with Crippen molar-refractivity contribution in [2.24, 2.45) is 11.1 Å². The van der Waals surface area contributed by atoms with Crippen LogP contribution in [0.5, 0.6) is 0 Å². The van der Waals surface area contributed by atoms with Gasteiger partial charge < -0.3 is 9.64 Å². The molecule has 0 bridgehead atoms. The Morgan fingerprint density at radius 1 is 1.32 bits per heavy atom. The second-order valence-corrected chi connectivity index (χ2v) is 10.2. The quantitative estimate of drug-likeness (QED) is 0.804. The minimum Gasteiger partial charge on any atom is -0.444 e. The lowest BCUT2D eigenvalue weighted by Gasteiger charge is -2.36. The van der Waals surface area contributed by atoms with Crippen molar-refractivity contribution in [2.75, 3.05) is 26.7 Å². The fraction of sp³-hybridized carbons (Fsp3) is 0.650. The molecule has 0 saturated carbocycles. The number of benzene rings is 1. The fourth-order valence-corrected chi connectivity index (χ4v) is 3.96. The molecular weight excluding hydrogens is 378 g/mol. The van der Waals surface area contributed by atoms with E-state index >= 15 is 0 Å². The van der Waals surface area contributed by atoms with Crippen LogP contribution in [0.3, 0.4) is 0 Å². The molecule has 1 unspecified atom stereocenters. The normalized spacial score (nSPS) is 17.6. The molecule has 2 rings (SSSR count). The van der Waals surface area contributed by atoms with Gasteiger partial charge in [-0.15, -0.1) is 0 Å². The first-order valence-electron chi connectivity index (χ1n) is 9.68. The molecule has 1 aliphatic heterocycles. The van der Waals surface area contributed by atoms with E-state index in [-0.39, 0.29) is 17.0 Å². The molecule has 7 nitrogen and oxygen atoms in total. The first-order valence-corrected chi connectivity index (χ1v) is 11.2. The Morgan fingerprint density at radius 3 is 2.46 bits per heavy atom. The molecule has 28 heavy (non-hydrogen) atoms. The number of amides is 1. The number of carbonyl (C=O) groups is 1. The van der Waals surface area contributed by atoms with Gasteiger partial charge in [0.15, 0.2) is 0 Å². The predicted molar refractivity (Wildman–Crippen MR) is 109 cm³/mol. The van der Waals surface area contributed by atoms with Crippen LogP contribution in [0.2, 0.25) is 0 Å². The van der Waals surface area contributed by atoms with Gasteiger partial charge in [-0.05, 0) is 71.2 Å². The summed E-state index contributed by atoms with van der Waals surface area (Å²) in [6.45, 7) is 9.95. The number of ether oxygens (including phenoxy) is 1. The molecular formula is C20H33N3O4S. The zero-order valence-corrected chi connectivity index (χ0v) is 18.3. The maximum absolute atomic E-state index is 12.2. The van der Waals surface area contributed by atoms with Crippen molar-refractivity contribution in [3.05, 3.63) is 29.8 Å². The van der Waals surface area contributed by atoms with Crippen molar-refractivity contribution in [1.29, 1.82) is 0 Å². The van der Waals surface area contributed by atoms with Gasteiger partial charge in [-0.3, -0.25) is 4.90 Å². The van der Waals surface area contributed by atoms with Crippen LogP contribution in [-0.4, -0.2) is 56.6 Å². The van der Waals surface area contributed by atoms with Crippen LogP contribution in [0.25, 0.3) is 0 Å². The van der Waals surface area contributed by atoms with Gasteiger partial charge in [0.05, 0.1) is 4.90 Å². The Balaban J connectivity index is 1.90. The Kier molecular flexibility index (Phi) is 7.12. The molecule has 1 saturated heterocycles. The first-order chi connectivity index (χ1) is 12.9. The van der Waals surface area contributed by atoms with Gasteiger partial charge in [0.1, 0.15) is 5.60 Å². The SMILES string of the molecule is CC(c1cccc(S(N)(=O)=O)c1)N(C)CC1CCN(C(=O)OC(C)(C)C)CC1. The van der Waals surface area contributed by atoms with E-state index < -0.39 is 15.6 Å². The Labute approximate surface area is 168 Å². The maximum Gasteiger partial charge on any atom is 0.410 e. The Bertz CT molecular complexity index is 781. The van der Waals surface area contributed by atoms with Crippen molar-refractivity contribution in [1.82, 2.24) is 9.80 Å². The topological polar surface area (TPSA) is 92.9 Å². The third-order valence-electron chi connectivity index (χ3n) is 5.14. The van der Waals surface area contributed by atoms with Crippen molar-refractivity contribution in [3.8, 4) is 0 Å². The zero-order valence-electron chi connectivity index (χ0n) is 17.5. The number of hydrogen-bond acceptors (Lipinski definition) is 5. The molecule has 1 atom stereocenters. The van der Waals surface area contributed by atoms with Gasteiger partial charge >= 0.3 is 6.09 Å². The summed E-state index contributed by atoms with van der Waals surface area (Å²) in [7, 11) is -1.67. The molecule has 0 aromatic heterocycles. The highest BCUT2D eigenvalue weighted by atomic mass is 32.2. The molecule has 1 aromatic rings. The van der Waals surface area contributed by atoms with Gasteiger partial charge in [0.25, 0.3) is 0 Å². The van der Waals surface area contributed by atoms with Crippen molar-refractivity contribution in [2.45, 2.75) is 57.1 Å². The van der Waals surface area contributed by atoms with Gasteiger partial charge in [0.2, 0.25) is 10.0 Å². The summed E-state index contributed by atoms with van der Waals surface area (Å²) in [5, 5.41) is 5.24. The molecule has 0 spiro atoms. The minimum atomic E-state index is -3.71. The number of likely N-dealkylation sites (tertiary alicyclic amines) is 1. The lowest BCUT2D eigenvalue weighted by atomic mass is 9.95. The van der Waals surface area contributed by atoms with E-state index in [0.717, 1.165) is 24.9 Å². The maximum atomic E-state index is 12.2. The van der Waals surface area contributed by atoms with Gasteiger partial charge in [-0.25, -0.2) is 18.4 Å². The number of piperidine rings is 1. The van der Waals surface area contributed by atoms with Crippen molar-refractivity contribution < 1.29 is 17.9 Å². The molecule has 1 aromatic carbocycles. The predicted octanol–water partition coefficient (Wildman–Crippen LogP) is 2.97. The van der Waals surface area contributed by atoms with Crippen LogP contribution < -0.4 is 5.14 Å². The van der Waals surface area contributed by atoms with E-state index in [1.165, 1.54) is 6.07 Å².